The third-order valence-corrected chi connectivity index (χ3v) is 14.4. The van der Waals surface area contributed by atoms with Crippen LogP contribution >= 0.6 is 11.8 Å². The van der Waals surface area contributed by atoms with Crippen LogP contribution in [0.2, 0.25) is 0 Å². The number of ether oxygens (including phenoxy) is 6. The molecule has 0 radical (unpaired) electrons. The van der Waals surface area contributed by atoms with Crippen LogP contribution < -0.4 is 29.0 Å². The van der Waals surface area contributed by atoms with E-state index >= 15 is 0 Å². The Labute approximate surface area is 327 Å². The van der Waals surface area contributed by atoms with Gasteiger partial charge in [-0.05, 0) is 68.6 Å². The van der Waals surface area contributed by atoms with Crippen LogP contribution in [0.15, 0.2) is 24.3 Å². The van der Waals surface area contributed by atoms with Gasteiger partial charge in [0.05, 0.1) is 43.3 Å². The van der Waals surface area contributed by atoms with Gasteiger partial charge in [-0.2, -0.15) is 0 Å². The molecule has 0 aliphatic carbocycles. The molecule has 15 heteroatoms. The zero-order chi connectivity index (χ0) is 38.9. The van der Waals surface area contributed by atoms with E-state index in [2.05, 4.69) is 15.2 Å². The van der Waals surface area contributed by atoms with Crippen molar-refractivity contribution < 1.29 is 48.2 Å². The maximum absolute atomic E-state index is 14.9. The minimum absolute atomic E-state index is 0.0439. The van der Waals surface area contributed by atoms with Gasteiger partial charge in [-0.25, -0.2) is 4.79 Å². The quantitative estimate of drug-likeness (QED) is 0.173. The van der Waals surface area contributed by atoms with Crippen LogP contribution in [0.3, 0.4) is 0 Å². The molecule has 4 aromatic rings. The Bertz CT molecular complexity index is 2360. The summed E-state index contributed by atoms with van der Waals surface area (Å²) in [5, 5.41) is 28.7. The van der Waals surface area contributed by atoms with Crippen molar-refractivity contribution in [2.24, 2.45) is 0 Å². The van der Waals surface area contributed by atoms with E-state index in [4.69, 9.17) is 28.4 Å². The molecular weight excluding hydrogens is 741 g/mol. The average Bonchev–Trinajstić information content (AvgIpc) is 3.82. The summed E-state index contributed by atoms with van der Waals surface area (Å²) in [7, 11) is 5.17. The summed E-state index contributed by atoms with van der Waals surface area (Å²) in [5.74, 6) is 1.73. The van der Waals surface area contributed by atoms with Gasteiger partial charge < -0.3 is 43.6 Å². The highest BCUT2D eigenvalue weighted by atomic mass is 32.2. The third-order valence-electron chi connectivity index (χ3n) is 12.9. The Morgan fingerprint density at radius 2 is 1.86 bits per heavy atom. The summed E-state index contributed by atoms with van der Waals surface area (Å²) < 4.78 is 36.2. The molecule has 8 heterocycles. The molecule has 11 rings (SSSR count). The number of hydrogen-bond acceptors (Lipinski definition) is 14. The lowest BCUT2D eigenvalue weighted by Crippen LogP contribution is -2.70. The first kappa shape index (κ1) is 35.7. The highest BCUT2D eigenvalue weighted by Crippen LogP contribution is 2.64. The fourth-order valence-corrected chi connectivity index (χ4v) is 12.2. The number of methoxy groups -OCH3 is 2. The van der Waals surface area contributed by atoms with Gasteiger partial charge in [-0.3, -0.25) is 19.9 Å². The second-order valence-electron chi connectivity index (χ2n) is 15.6. The van der Waals surface area contributed by atoms with Crippen molar-refractivity contribution in [3.05, 3.63) is 68.9 Å². The first-order chi connectivity index (χ1) is 27.0. The van der Waals surface area contributed by atoms with Gasteiger partial charge in [0.1, 0.15) is 24.3 Å². The SMILES string of the molecule is COc1ccc2[nH]c3c(c2c1)CCN[C@]31CS[C@@H]2c3c(OC(C)=O)c(C)c4c(c3[C@H](COC1=O)N1[C@@H]2[C@@H]2c3c(cc(C)c(OC)c3O)C[C@H]([C@@H]1O)N2C)OCO4. The van der Waals surface area contributed by atoms with E-state index in [1.54, 1.807) is 14.2 Å². The van der Waals surface area contributed by atoms with Crippen LogP contribution in [-0.4, -0.2) is 102 Å². The number of rotatable bonds is 3. The van der Waals surface area contributed by atoms with Gasteiger partial charge in [0.2, 0.25) is 6.79 Å². The fraction of sp³-hybridized carbons (Fsp3) is 0.463. The van der Waals surface area contributed by atoms with E-state index < -0.39 is 47.1 Å². The molecular formula is C41H44N4O10S. The number of aromatic amines is 1. The summed E-state index contributed by atoms with van der Waals surface area (Å²) in [6.45, 7) is 5.46. The number of carbonyl (C=O) groups is 2. The lowest BCUT2D eigenvalue weighted by atomic mass is 9.73. The van der Waals surface area contributed by atoms with E-state index in [-0.39, 0.29) is 30.9 Å². The number of benzene rings is 3. The number of thioether (sulfide) groups is 1. The molecule has 2 fully saturated rings. The largest absolute Gasteiger partial charge is 0.504 e. The van der Waals surface area contributed by atoms with Crippen LogP contribution in [0.25, 0.3) is 10.9 Å². The minimum atomic E-state index is -1.28. The van der Waals surface area contributed by atoms with Crippen LogP contribution in [-0.2, 0) is 32.7 Å². The molecule has 0 unspecified atom stereocenters. The highest BCUT2D eigenvalue weighted by molar-refractivity contribution is 7.99. The number of carbonyl (C=O) groups excluding carboxylic acids is 2. The zero-order valence-electron chi connectivity index (χ0n) is 32.0. The Balaban J connectivity index is 1.23. The summed E-state index contributed by atoms with van der Waals surface area (Å²) in [5.41, 5.74) is 5.79. The Hall–Kier alpha value is -4.67. The van der Waals surface area contributed by atoms with E-state index in [0.29, 0.717) is 59.1 Å². The number of likely N-dealkylation sites (N-methyl/N-ethyl adjacent to an activating group) is 1. The Morgan fingerprint density at radius 1 is 1.05 bits per heavy atom. The number of aliphatic hydroxyl groups is 1. The molecule has 1 aromatic heterocycles. The number of fused-ring (bicyclic) bond motifs is 11. The van der Waals surface area contributed by atoms with E-state index in [1.807, 2.05) is 50.1 Å². The molecule has 14 nitrogen and oxygen atoms in total. The first-order valence-electron chi connectivity index (χ1n) is 18.9. The van der Waals surface area contributed by atoms with Crippen molar-refractivity contribution in [3.63, 3.8) is 0 Å². The average molecular weight is 785 g/mol. The number of hydrogen-bond donors (Lipinski definition) is 4. The lowest BCUT2D eigenvalue weighted by molar-refractivity contribution is -0.186. The maximum Gasteiger partial charge on any atom is 0.333 e. The molecule has 0 saturated carbocycles. The first-order valence-corrected chi connectivity index (χ1v) is 20.0. The van der Waals surface area contributed by atoms with Crippen LogP contribution in [0.1, 0.15) is 68.9 Å². The number of aromatic hydroxyl groups is 1. The number of nitrogens with zero attached hydrogens (tertiary/aromatic N) is 2. The summed E-state index contributed by atoms with van der Waals surface area (Å²) in [6, 6.07) is 5.77. The predicted octanol–water partition coefficient (Wildman–Crippen LogP) is 4.19. The van der Waals surface area contributed by atoms with Gasteiger partial charge in [-0.1, -0.05) is 6.07 Å². The second-order valence-corrected chi connectivity index (χ2v) is 16.8. The molecule has 3 aromatic carbocycles. The molecule has 2 saturated heterocycles. The Morgan fingerprint density at radius 3 is 2.62 bits per heavy atom. The second kappa shape index (κ2) is 12.7. The van der Waals surface area contributed by atoms with Crippen molar-refractivity contribution in [1.29, 1.82) is 0 Å². The van der Waals surface area contributed by atoms with Gasteiger partial charge in [0.25, 0.3) is 0 Å². The van der Waals surface area contributed by atoms with E-state index in [9.17, 15) is 19.8 Å². The van der Waals surface area contributed by atoms with Gasteiger partial charge in [0, 0.05) is 58.4 Å². The van der Waals surface area contributed by atoms with Crippen molar-refractivity contribution in [2.75, 3.05) is 47.0 Å². The molecule has 1 spiro atoms. The number of aryl methyl sites for hydroxylation is 1. The number of nitrogens with one attached hydrogen (secondary N) is 2. The maximum atomic E-state index is 14.9. The number of aromatic nitrogens is 1. The predicted molar refractivity (Wildman–Crippen MR) is 205 cm³/mol. The topological polar surface area (TPSA) is 164 Å². The third kappa shape index (κ3) is 4.71. The number of phenols is 1. The Kier molecular flexibility index (Phi) is 8.08. The molecule has 7 aliphatic rings. The molecule has 7 atom stereocenters. The number of H-pyrrole nitrogens is 1. The van der Waals surface area contributed by atoms with Crippen molar-refractivity contribution in [2.45, 2.75) is 74.8 Å². The van der Waals surface area contributed by atoms with Crippen LogP contribution in [0.4, 0.5) is 0 Å². The monoisotopic (exact) mass is 784 g/mol. The summed E-state index contributed by atoms with van der Waals surface area (Å²) >= 11 is 1.53. The summed E-state index contributed by atoms with van der Waals surface area (Å²) in [4.78, 5) is 35.6. The molecule has 294 valence electrons. The molecule has 4 bridgehead atoms. The fourth-order valence-electron chi connectivity index (χ4n) is 10.6. The molecule has 0 amide bonds. The molecule has 56 heavy (non-hydrogen) atoms. The van der Waals surface area contributed by atoms with Crippen molar-refractivity contribution in [1.82, 2.24) is 20.1 Å². The standard InChI is InChI=1S/C41H44N4O10S/c1-17-11-20-12-25-39(48)45-26-14-52-40(49)41(38-22(9-10-42-41)23-13-21(50-5)7-8-24(23)43-38)15-56-37(31(45)30(44(25)4)27(20)32(47)33(17)51-6)29-28(26)36-35(53-16-54-36)18(2)34(29)55-19(3)46/h7-8,11,13,25-26,30-31,37,39,42-43,47-48H,9-10,12,14-16H2,1-6H3/t25-,26+,30+,31-,37-,39+,41-/m1/s1. The summed E-state index contributed by atoms with van der Waals surface area (Å²) in [6.07, 6.45) is 0.129. The van der Waals surface area contributed by atoms with Crippen molar-refractivity contribution in [3.8, 4) is 34.5 Å². The zero-order valence-corrected chi connectivity index (χ0v) is 32.8. The minimum Gasteiger partial charge on any atom is -0.504 e. The normalized spacial score (nSPS) is 28.9. The number of esters is 2. The number of aliphatic hydroxyl groups excluding tert-OH is 1. The van der Waals surface area contributed by atoms with Crippen LogP contribution in [0, 0.1) is 13.8 Å². The molecule has 4 N–H and O–H groups in total. The van der Waals surface area contributed by atoms with Gasteiger partial charge in [-0.15, -0.1) is 11.8 Å². The van der Waals surface area contributed by atoms with Crippen LogP contribution in [0.5, 0.6) is 34.5 Å². The smallest absolute Gasteiger partial charge is 0.333 e. The van der Waals surface area contributed by atoms with Gasteiger partial charge in [0.15, 0.2) is 28.5 Å². The lowest BCUT2D eigenvalue weighted by Gasteiger charge is -2.62. The highest BCUT2D eigenvalue weighted by Gasteiger charge is 2.61. The van der Waals surface area contributed by atoms with E-state index in [1.165, 1.54) is 18.7 Å². The van der Waals surface area contributed by atoms with Gasteiger partial charge >= 0.3 is 11.9 Å². The number of piperazine rings is 1. The number of phenolic OH excluding ortho intramolecular Hbond substituents is 1. The van der Waals surface area contributed by atoms with E-state index in [0.717, 1.165) is 44.6 Å². The van der Waals surface area contributed by atoms with Crippen molar-refractivity contribution >= 4 is 34.6 Å². The molecule has 7 aliphatic heterocycles.